The van der Waals surface area contributed by atoms with Crippen LogP contribution in [0.4, 0.5) is 0 Å². The quantitative estimate of drug-likeness (QED) is 0.768. The highest BCUT2D eigenvalue weighted by Crippen LogP contribution is 2.20. The summed E-state index contributed by atoms with van der Waals surface area (Å²) in [5.74, 6) is -0.872. The van der Waals surface area contributed by atoms with Gasteiger partial charge >= 0.3 is 5.97 Å². The van der Waals surface area contributed by atoms with E-state index in [-0.39, 0.29) is 0 Å². The van der Waals surface area contributed by atoms with Crippen LogP contribution in [0, 0.1) is 0 Å². The standard InChI is InChI=1S/C14H18O2/c1-3-5-13(10-14(15)16)12-8-6-11(4-2)7-9-12/h6-10H,3-5H2,1-2H3,(H,15,16)/b13-10+. The SMILES string of the molecule is CCC/C(=C\C(=O)O)c1ccc(CC)cc1. The Hall–Kier alpha value is -1.57. The number of allylic oxidation sites excluding steroid dienone is 1. The molecule has 0 aliphatic heterocycles. The minimum Gasteiger partial charge on any atom is -0.478 e. The highest BCUT2D eigenvalue weighted by atomic mass is 16.4. The first kappa shape index (κ1) is 12.5. The molecule has 1 rings (SSSR count). The van der Waals surface area contributed by atoms with Gasteiger partial charge in [-0.3, -0.25) is 0 Å². The summed E-state index contributed by atoms with van der Waals surface area (Å²) in [5.41, 5.74) is 3.19. The first-order valence-corrected chi connectivity index (χ1v) is 5.70. The molecule has 1 N–H and O–H groups in total. The Balaban J connectivity index is 2.97. The predicted octanol–water partition coefficient (Wildman–Crippen LogP) is 3.52. The molecule has 0 heterocycles. The minimum atomic E-state index is -0.872. The molecule has 2 nitrogen and oxygen atoms in total. The lowest BCUT2D eigenvalue weighted by molar-refractivity contribution is -0.131. The zero-order valence-corrected chi connectivity index (χ0v) is 9.86. The van der Waals surface area contributed by atoms with Gasteiger partial charge in [0.2, 0.25) is 0 Å². The van der Waals surface area contributed by atoms with Crippen LogP contribution in [-0.2, 0) is 11.2 Å². The molecule has 16 heavy (non-hydrogen) atoms. The molecule has 0 fully saturated rings. The maximum Gasteiger partial charge on any atom is 0.328 e. The van der Waals surface area contributed by atoms with Crippen LogP contribution in [0.1, 0.15) is 37.8 Å². The third-order valence-electron chi connectivity index (χ3n) is 2.55. The van der Waals surface area contributed by atoms with E-state index < -0.39 is 5.97 Å². The van der Waals surface area contributed by atoms with Crippen molar-refractivity contribution in [1.82, 2.24) is 0 Å². The first-order chi connectivity index (χ1) is 7.67. The predicted molar refractivity (Wildman–Crippen MR) is 66.3 cm³/mol. The summed E-state index contributed by atoms with van der Waals surface area (Å²) in [6.07, 6.45) is 4.07. The fourth-order valence-corrected chi connectivity index (χ4v) is 1.67. The van der Waals surface area contributed by atoms with Gasteiger partial charge in [0.1, 0.15) is 0 Å². The zero-order chi connectivity index (χ0) is 12.0. The van der Waals surface area contributed by atoms with Crippen molar-refractivity contribution in [2.24, 2.45) is 0 Å². The topological polar surface area (TPSA) is 37.3 Å². The highest BCUT2D eigenvalue weighted by molar-refractivity contribution is 5.90. The average Bonchev–Trinajstić information content (AvgIpc) is 2.28. The molecule has 1 aromatic carbocycles. The lowest BCUT2D eigenvalue weighted by atomic mass is 9.99. The van der Waals surface area contributed by atoms with E-state index in [0.717, 1.165) is 30.4 Å². The zero-order valence-electron chi connectivity index (χ0n) is 9.86. The number of hydrogen-bond donors (Lipinski definition) is 1. The molecule has 1 aromatic rings. The Morgan fingerprint density at radius 1 is 1.25 bits per heavy atom. The second kappa shape index (κ2) is 6.11. The number of benzene rings is 1. The smallest absolute Gasteiger partial charge is 0.328 e. The maximum atomic E-state index is 10.7. The van der Waals surface area contributed by atoms with Gasteiger partial charge in [0, 0.05) is 6.08 Å². The summed E-state index contributed by atoms with van der Waals surface area (Å²) in [4.78, 5) is 10.7. The first-order valence-electron chi connectivity index (χ1n) is 5.70. The van der Waals surface area contributed by atoms with Crippen LogP contribution in [0.15, 0.2) is 30.3 Å². The number of carboxylic acid groups (broad SMARTS) is 1. The van der Waals surface area contributed by atoms with E-state index in [1.165, 1.54) is 11.6 Å². The summed E-state index contributed by atoms with van der Waals surface area (Å²) < 4.78 is 0. The van der Waals surface area contributed by atoms with E-state index in [0.29, 0.717) is 0 Å². The normalized spacial score (nSPS) is 11.5. The van der Waals surface area contributed by atoms with Gasteiger partial charge in [0.25, 0.3) is 0 Å². The van der Waals surface area contributed by atoms with E-state index in [4.69, 9.17) is 5.11 Å². The average molecular weight is 218 g/mol. The Labute approximate surface area is 96.6 Å². The van der Waals surface area contributed by atoms with Crippen molar-refractivity contribution in [3.63, 3.8) is 0 Å². The second-order valence-electron chi connectivity index (χ2n) is 3.81. The van der Waals surface area contributed by atoms with Crippen molar-refractivity contribution in [3.05, 3.63) is 41.5 Å². The molecule has 0 spiro atoms. The maximum absolute atomic E-state index is 10.7. The Bertz CT molecular complexity index is 374. The van der Waals surface area contributed by atoms with Crippen LogP contribution in [0.2, 0.25) is 0 Å². The molecule has 0 saturated heterocycles. The number of carboxylic acids is 1. The number of carbonyl (C=O) groups is 1. The van der Waals surface area contributed by atoms with E-state index in [2.05, 4.69) is 26.0 Å². The van der Waals surface area contributed by atoms with Gasteiger partial charge in [-0.25, -0.2) is 4.79 Å². The van der Waals surface area contributed by atoms with E-state index >= 15 is 0 Å². The van der Waals surface area contributed by atoms with Crippen LogP contribution >= 0.6 is 0 Å². The van der Waals surface area contributed by atoms with Gasteiger partial charge < -0.3 is 5.11 Å². The van der Waals surface area contributed by atoms with Crippen LogP contribution < -0.4 is 0 Å². The molecule has 0 aliphatic rings. The molecule has 0 saturated carbocycles. The van der Waals surface area contributed by atoms with Crippen LogP contribution in [0.5, 0.6) is 0 Å². The van der Waals surface area contributed by atoms with E-state index in [1.807, 2.05) is 12.1 Å². The van der Waals surface area contributed by atoms with Crippen LogP contribution in [0.25, 0.3) is 5.57 Å². The molecule has 0 radical (unpaired) electrons. The minimum absolute atomic E-state index is 0.803. The van der Waals surface area contributed by atoms with Gasteiger partial charge in [-0.2, -0.15) is 0 Å². The lowest BCUT2D eigenvalue weighted by Gasteiger charge is -2.06. The highest BCUT2D eigenvalue weighted by Gasteiger charge is 2.03. The van der Waals surface area contributed by atoms with E-state index in [9.17, 15) is 4.79 Å². The summed E-state index contributed by atoms with van der Waals surface area (Å²) in [7, 11) is 0. The molecular weight excluding hydrogens is 200 g/mol. The number of hydrogen-bond acceptors (Lipinski definition) is 1. The fourth-order valence-electron chi connectivity index (χ4n) is 1.67. The molecule has 86 valence electrons. The number of aryl methyl sites for hydroxylation is 1. The fraction of sp³-hybridized carbons (Fsp3) is 0.357. The molecule has 0 aromatic heterocycles. The third-order valence-corrected chi connectivity index (χ3v) is 2.55. The largest absolute Gasteiger partial charge is 0.478 e. The van der Waals surface area contributed by atoms with Crippen molar-refractivity contribution in [1.29, 1.82) is 0 Å². The van der Waals surface area contributed by atoms with E-state index in [1.54, 1.807) is 0 Å². The molecule has 0 bridgehead atoms. The van der Waals surface area contributed by atoms with Gasteiger partial charge in [0.15, 0.2) is 0 Å². The lowest BCUT2D eigenvalue weighted by Crippen LogP contribution is -1.93. The Morgan fingerprint density at radius 3 is 2.31 bits per heavy atom. The monoisotopic (exact) mass is 218 g/mol. The second-order valence-corrected chi connectivity index (χ2v) is 3.81. The van der Waals surface area contributed by atoms with Crippen molar-refractivity contribution in [2.75, 3.05) is 0 Å². The van der Waals surface area contributed by atoms with Crippen molar-refractivity contribution < 1.29 is 9.90 Å². The Morgan fingerprint density at radius 2 is 1.88 bits per heavy atom. The van der Waals surface area contributed by atoms with Crippen molar-refractivity contribution >= 4 is 11.5 Å². The van der Waals surface area contributed by atoms with Crippen molar-refractivity contribution in [3.8, 4) is 0 Å². The molecule has 0 amide bonds. The molecular formula is C14H18O2. The van der Waals surface area contributed by atoms with Gasteiger partial charge in [-0.1, -0.05) is 44.5 Å². The summed E-state index contributed by atoms with van der Waals surface area (Å²) in [5, 5.41) is 8.80. The molecule has 0 atom stereocenters. The van der Waals surface area contributed by atoms with Crippen LogP contribution in [-0.4, -0.2) is 11.1 Å². The summed E-state index contributed by atoms with van der Waals surface area (Å²) in [6, 6.07) is 8.12. The van der Waals surface area contributed by atoms with Gasteiger partial charge in [-0.15, -0.1) is 0 Å². The summed E-state index contributed by atoms with van der Waals surface area (Å²) in [6.45, 7) is 4.16. The molecule has 0 aliphatic carbocycles. The van der Waals surface area contributed by atoms with Crippen molar-refractivity contribution in [2.45, 2.75) is 33.1 Å². The van der Waals surface area contributed by atoms with Gasteiger partial charge in [-0.05, 0) is 29.5 Å². The Kier molecular flexibility index (Phi) is 4.77. The molecule has 0 unspecified atom stereocenters. The van der Waals surface area contributed by atoms with Gasteiger partial charge in [0.05, 0.1) is 0 Å². The van der Waals surface area contributed by atoms with Crippen LogP contribution in [0.3, 0.4) is 0 Å². The number of rotatable bonds is 5. The molecule has 2 heteroatoms. The number of aliphatic carboxylic acids is 1. The summed E-state index contributed by atoms with van der Waals surface area (Å²) >= 11 is 0. The third kappa shape index (κ3) is 3.54.